The SMILES string of the molecule is Cc1cc(-c2nc(-c3ccc4[nH]c5c(c4c3)CCC5CC(=O)O)no2)ccc1O. The third-order valence-electron chi connectivity index (χ3n) is 5.64. The minimum absolute atomic E-state index is 0.0351. The van der Waals surface area contributed by atoms with E-state index < -0.39 is 5.97 Å². The van der Waals surface area contributed by atoms with Crippen LogP contribution in [0, 0.1) is 6.92 Å². The van der Waals surface area contributed by atoms with Crippen molar-refractivity contribution in [3.8, 4) is 28.6 Å². The first kappa shape index (κ1) is 17.5. The van der Waals surface area contributed by atoms with Crippen LogP contribution in [0.25, 0.3) is 33.7 Å². The summed E-state index contributed by atoms with van der Waals surface area (Å²) in [5, 5.41) is 24.0. The Morgan fingerprint density at radius 1 is 1.24 bits per heavy atom. The van der Waals surface area contributed by atoms with Gasteiger partial charge in [0, 0.05) is 33.6 Å². The molecule has 2 heterocycles. The fourth-order valence-electron chi connectivity index (χ4n) is 4.15. The molecule has 0 radical (unpaired) electrons. The molecule has 3 N–H and O–H groups in total. The molecule has 1 unspecified atom stereocenters. The Labute approximate surface area is 166 Å². The Morgan fingerprint density at radius 3 is 2.86 bits per heavy atom. The number of hydrogen-bond acceptors (Lipinski definition) is 5. The predicted molar refractivity (Wildman–Crippen MR) is 107 cm³/mol. The van der Waals surface area contributed by atoms with E-state index in [4.69, 9.17) is 9.63 Å². The zero-order valence-corrected chi connectivity index (χ0v) is 15.8. The van der Waals surface area contributed by atoms with Crippen LogP contribution < -0.4 is 0 Å². The van der Waals surface area contributed by atoms with Crippen molar-refractivity contribution < 1.29 is 19.5 Å². The Hall–Kier alpha value is -3.61. The topological polar surface area (TPSA) is 112 Å². The number of nitrogens with one attached hydrogen (secondary N) is 1. The first-order valence-electron chi connectivity index (χ1n) is 9.50. The number of benzene rings is 2. The second kappa shape index (κ2) is 6.48. The number of fused-ring (bicyclic) bond motifs is 3. The summed E-state index contributed by atoms with van der Waals surface area (Å²) in [7, 11) is 0. The van der Waals surface area contributed by atoms with Gasteiger partial charge < -0.3 is 19.7 Å². The van der Waals surface area contributed by atoms with Crippen LogP contribution in [-0.4, -0.2) is 31.3 Å². The Morgan fingerprint density at radius 2 is 2.07 bits per heavy atom. The number of nitrogens with zero attached hydrogens (tertiary/aromatic N) is 2. The van der Waals surface area contributed by atoms with Crippen molar-refractivity contribution in [3.63, 3.8) is 0 Å². The molecular formula is C22H19N3O4. The fourth-order valence-corrected chi connectivity index (χ4v) is 4.15. The highest BCUT2D eigenvalue weighted by Gasteiger charge is 2.28. The van der Waals surface area contributed by atoms with Gasteiger partial charge in [-0.25, -0.2) is 0 Å². The summed E-state index contributed by atoms with van der Waals surface area (Å²) in [4.78, 5) is 19.0. The van der Waals surface area contributed by atoms with Crippen LogP contribution in [-0.2, 0) is 11.2 Å². The largest absolute Gasteiger partial charge is 0.508 e. The molecule has 7 heteroatoms. The minimum Gasteiger partial charge on any atom is -0.508 e. The van der Waals surface area contributed by atoms with Crippen LogP contribution >= 0.6 is 0 Å². The van der Waals surface area contributed by atoms with E-state index in [-0.39, 0.29) is 18.1 Å². The maximum Gasteiger partial charge on any atom is 0.304 e. The lowest BCUT2D eigenvalue weighted by Gasteiger charge is -2.05. The van der Waals surface area contributed by atoms with Gasteiger partial charge in [0.2, 0.25) is 5.82 Å². The monoisotopic (exact) mass is 389 g/mol. The number of carboxylic acid groups (broad SMARTS) is 1. The van der Waals surface area contributed by atoms with Gasteiger partial charge in [-0.05, 0) is 67.3 Å². The number of aromatic nitrogens is 3. The lowest BCUT2D eigenvalue weighted by Crippen LogP contribution is -2.03. The van der Waals surface area contributed by atoms with E-state index in [0.29, 0.717) is 11.7 Å². The lowest BCUT2D eigenvalue weighted by molar-refractivity contribution is -0.137. The first-order chi connectivity index (χ1) is 14.0. The molecule has 7 nitrogen and oxygen atoms in total. The molecule has 1 atom stereocenters. The highest BCUT2D eigenvalue weighted by atomic mass is 16.5. The Kier molecular flexibility index (Phi) is 3.91. The smallest absolute Gasteiger partial charge is 0.304 e. The molecule has 0 amide bonds. The van der Waals surface area contributed by atoms with Crippen molar-refractivity contribution in [3.05, 3.63) is 53.2 Å². The maximum absolute atomic E-state index is 11.1. The van der Waals surface area contributed by atoms with Gasteiger partial charge >= 0.3 is 5.97 Å². The summed E-state index contributed by atoms with van der Waals surface area (Å²) in [6, 6.07) is 11.1. The summed E-state index contributed by atoms with van der Waals surface area (Å²) in [6.07, 6.45) is 1.86. The highest BCUT2D eigenvalue weighted by molar-refractivity contribution is 5.89. The van der Waals surface area contributed by atoms with Crippen molar-refractivity contribution in [2.45, 2.75) is 32.1 Å². The molecule has 0 fully saturated rings. The van der Waals surface area contributed by atoms with E-state index in [1.165, 1.54) is 5.56 Å². The van der Waals surface area contributed by atoms with Crippen molar-refractivity contribution in [1.29, 1.82) is 0 Å². The number of carbonyl (C=O) groups is 1. The second-order valence-corrected chi connectivity index (χ2v) is 7.54. The van der Waals surface area contributed by atoms with Gasteiger partial charge in [0.1, 0.15) is 5.75 Å². The van der Waals surface area contributed by atoms with Crippen molar-refractivity contribution in [2.75, 3.05) is 0 Å². The Balaban J connectivity index is 1.51. The average Bonchev–Trinajstić information content (AvgIpc) is 3.40. The van der Waals surface area contributed by atoms with Gasteiger partial charge in [0.05, 0.1) is 6.42 Å². The van der Waals surface area contributed by atoms with E-state index in [2.05, 4.69) is 15.1 Å². The highest BCUT2D eigenvalue weighted by Crippen LogP contribution is 2.40. The van der Waals surface area contributed by atoms with Crippen LogP contribution in [0.4, 0.5) is 0 Å². The van der Waals surface area contributed by atoms with Gasteiger partial charge in [-0.2, -0.15) is 4.98 Å². The van der Waals surface area contributed by atoms with Gasteiger partial charge in [0.25, 0.3) is 5.89 Å². The summed E-state index contributed by atoms with van der Waals surface area (Å²) in [5.41, 5.74) is 5.54. The molecule has 4 aromatic rings. The lowest BCUT2D eigenvalue weighted by atomic mass is 10.0. The summed E-state index contributed by atoms with van der Waals surface area (Å²) in [6.45, 7) is 1.81. The molecule has 0 bridgehead atoms. The number of phenolic OH excluding ortho intramolecular Hbond substituents is 1. The van der Waals surface area contributed by atoms with Crippen LogP contribution in [0.2, 0.25) is 0 Å². The molecule has 2 aromatic heterocycles. The van der Waals surface area contributed by atoms with Crippen LogP contribution in [0.5, 0.6) is 5.75 Å². The molecule has 0 spiro atoms. The minimum atomic E-state index is -0.772. The number of phenols is 1. The van der Waals surface area contributed by atoms with E-state index in [1.54, 1.807) is 18.2 Å². The number of aryl methyl sites for hydroxylation is 2. The standard InChI is InChI=1S/C22H19N3O4/c1-11-8-14(4-7-18(11)26)22-24-21(25-29-22)13-3-6-17-16(9-13)15-5-2-12(10-19(27)28)20(15)23-17/h3-4,6-9,12,23,26H,2,5,10H2,1H3,(H,27,28). The third kappa shape index (κ3) is 2.95. The average molecular weight is 389 g/mol. The van der Waals surface area contributed by atoms with Gasteiger partial charge in [-0.1, -0.05) is 5.16 Å². The molecule has 0 saturated heterocycles. The van der Waals surface area contributed by atoms with E-state index in [9.17, 15) is 9.90 Å². The molecule has 1 aliphatic carbocycles. The third-order valence-corrected chi connectivity index (χ3v) is 5.64. The molecule has 1 aliphatic rings. The molecule has 0 saturated carbocycles. The van der Waals surface area contributed by atoms with E-state index in [1.807, 2.05) is 25.1 Å². The zero-order valence-electron chi connectivity index (χ0n) is 15.8. The number of aromatic amines is 1. The molecule has 5 rings (SSSR count). The zero-order chi connectivity index (χ0) is 20.1. The number of carboxylic acids is 1. The van der Waals surface area contributed by atoms with Crippen LogP contribution in [0.15, 0.2) is 40.9 Å². The molecule has 0 aliphatic heterocycles. The molecule has 2 aromatic carbocycles. The normalized spacial score (nSPS) is 15.7. The van der Waals surface area contributed by atoms with Gasteiger partial charge in [-0.15, -0.1) is 0 Å². The molecular weight excluding hydrogens is 370 g/mol. The van der Waals surface area contributed by atoms with Crippen LogP contribution in [0.3, 0.4) is 0 Å². The predicted octanol–water partition coefficient (Wildman–Crippen LogP) is 4.40. The van der Waals surface area contributed by atoms with Gasteiger partial charge in [-0.3, -0.25) is 4.79 Å². The van der Waals surface area contributed by atoms with E-state index in [0.717, 1.165) is 46.1 Å². The molecule has 146 valence electrons. The van der Waals surface area contributed by atoms with Crippen molar-refractivity contribution >= 4 is 16.9 Å². The number of aliphatic carboxylic acids is 1. The molecule has 29 heavy (non-hydrogen) atoms. The fraction of sp³-hybridized carbons (Fsp3) is 0.227. The Bertz CT molecular complexity index is 1250. The quantitative estimate of drug-likeness (QED) is 0.477. The van der Waals surface area contributed by atoms with Crippen molar-refractivity contribution in [2.24, 2.45) is 0 Å². The maximum atomic E-state index is 11.1. The number of hydrogen-bond donors (Lipinski definition) is 3. The van der Waals surface area contributed by atoms with Crippen molar-refractivity contribution in [1.82, 2.24) is 15.1 Å². The number of aromatic hydroxyl groups is 1. The van der Waals surface area contributed by atoms with E-state index >= 15 is 0 Å². The number of H-pyrrole nitrogens is 1. The summed E-state index contributed by atoms with van der Waals surface area (Å²) < 4.78 is 5.43. The second-order valence-electron chi connectivity index (χ2n) is 7.54. The first-order valence-corrected chi connectivity index (χ1v) is 9.50. The van der Waals surface area contributed by atoms with Crippen LogP contribution in [0.1, 0.15) is 35.6 Å². The summed E-state index contributed by atoms with van der Waals surface area (Å²) in [5.74, 6) is 0.368. The number of rotatable bonds is 4. The van der Waals surface area contributed by atoms with Gasteiger partial charge in [0.15, 0.2) is 0 Å². The summed E-state index contributed by atoms with van der Waals surface area (Å²) >= 11 is 0.